The van der Waals surface area contributed by atoms with Gasteiger partial charge in [-0.25, -0.2) is 0 Å². The zero-order valence-corrected chi connectivity index (χ0v) is 20.4. The molecule has 3 amide bonds. The summed E-state index contributed by atoms with van der Waals surface area (Å²) < 4.78 is 6.38. The summed E-state index contributed by atoms with van der Waals surface area (Å²) in [4.78, 5) is 42.6. The molecule has 1 spiro atoms. The monoisotopic (exact) mass is 485 g/mol. The Balaban J connectivity index is 1.44. The smallest absolute Gasteiger partial charge is 0.246 e. The van der Waals surface area contributed by atoms with Crippen molar-refractivity contribution < 1.29 is 19.1 Å². The Labute approximate surface area is 205 Å². The van der Waals surface area contributed by atoms with Gasteiger partial charge in [0.1, 0.15) is 11.6 Å². The number of fused-ring (bicyclic) bond motifs is 1. The second-order valence-corrected chi connectivity index (χ2v) is 10.5. The van der Waals surface area contributed by atoms with Crippen LogP contribution < -0.4 is 10.6 Å². The van der Waals surface area contributed by atoms with Crippen molar-refractivity contribution >= 4 is 35.0 Å². The molecule has 34 heavy (non-hydrogen) atoms. The van der Waals surface area contributed by atoms with E-state index in [1.54, 1.807) is 29.2 Å². The molecule has 2 saturated heterocycles. The van der Waals surface area contributed by atoms with Gasteiger partial charge in [0.15, 0.2) is 0 Å². The van der Waals surface area contributed by atoms with E-state index < -0.39 is 29.6 Å². The van der Waals surface area contributed by atoms with Crippen LogP contribution in [0.15, 0.2) is 36.4 Å². The first-order chi connectivity index (χ1) is 16.4. The number of carbonyl (C=O) groups is 3. The van der Waals surface area contributed by atoms with Gasteiger partial charge in [-0.05, 0) is 50.5 Å². The number of benzene rings is 1. The Morgan fingerprint density at radius 1 is 1.18 bits per heavy atom. The van der Waals surface area contributed by atoms with E-state index >= 15 is 0 Å². The van der Waals surface area contributed by atoms with Gasteiger partial charge in [-0.1, -0.05) is 49.9 Å². The van der Waals surface area contributed by atoms with Crippen LogP contribution in [0.3, 0.4) is 0 Å². The Kier molecular flexibility index (Phi) is 6.19. The second-order valence-electron chi connectivity index (χ2n) is 10.0. The topological polar surface area (TPSA) is 87.7 Å². The van der Waals surface area contributed by atoms with Crippen LogP contribution in [0.5, 0.6) is 0 Å². The number of carbonyl (C=O) groups excluding carboxylic acids is 3. The van der Waals surface area contributed by atoms with Gasteiger partial charge in [0, 0.05) is 22.8 Å². The molecule has 3 fully saturated rings. The average molecular weight is 486 g/mol. The highest BCUT2D eigenvalue weighted by molar-refractivity contribution is 6.30. The number of nitrogens with one attached hydrogen (secondary N) is 2. The van der Waals surface area contributed by atoms with Gasteiger partial charge in [-0.15, -0.1) is 0 Å². The SMILES string of the molecule is CC[C@H](C)N1C(=O)[C@H]2[C@H](C(=O)Nc3ccc(Cl)cc3)[C@H]3C=C[C@@]2(O3)[C@H]1C(=O)NC1CCCCC1. The van der Waals surface area contributed by atoms with Crippen molar-refractivity contribution in [1.82, 2.24) is 10.2 Å². The fourth-order valence-corrected chi connectivity index (χ4v) is 6.29. The summed E-state index contributed by atoms with van der Waals surface area (Å²) in [5, 5.41) is 6.69. The maximum Gasteiger partial charge on any atom is 0.246 e. The van der Waals surface area contributed by atoms with Gasteiger partial charge in [-0.2, -0.15) is 0 Å². The van der Waals surface area contributed by atoms with E-state index in [4.69, 9.17) is 16.3 Å². The molecule has 3 heterocycles. The van der Waals surface area contributed by atoms with E-state index in [0.717, 1.165) is 25.7 Å². The summed E-state index contributed by atoms with van der Waals surface area (Å²) in [5.74, 6) is -2.07. The number of likely N-dealkylation sites (tertiary alicyclic amines) is 1. The first-order valence-electron chi connectivity index (χ1n) is 12.4. The molecule has 5 rings (SSSR count). The highest BCUT2D eigenvalue weighted by atomic mass is 35.5. The van der Waals surface area contributed by atoms with Crippen LogP contribution >= 0.6 is 11.6 Å². The van der Waals surface area contributed by atoms with Gasteiger partial charge >= 0.3 is 0 Å². The standard InChI is InChI=1S/C26H32ClN3O4/c1-3-15(2)30-22(24(32)29-17-7-5-4-6-8-17)26-14-13-19(34-26)20(21(26)25(30)33)23(31)28-18-11-9-16(27)10-12-18/h9-15,17,19-22H,3-8H2,1-2H3,(H,28,31)(H,29,32)/t15-,19+,20+,21+,22+,26-/m0/s1. The Morgan fingerprint density at radius 3 is 2.56 bits per heavy atom. The van der Waals surface area contributed by atoms with E-state index in [0.29, 0.717) is 17.1 Å². The lowest BCUT2D eigenvalue weighted by molar-refractivity contribution is -0.143. The molecule has 1 aromatic rings. The molecular weight excluding hydrogens is 454 g/mol. The minimum Gasteiger partial charge on any atom is -0.359 e. The number of rotatable bonds is 6. The van der Waals surface area contributed by atoms with Crippen molar-refractivity contribution in [2.45, 2.75) is 82.2 Å². The van der Waals surface area contributed by atoms with Crippen LogP contribution in [0, 0.1) is 11.8 Å². The first-order valence-corrected chi connectivity index (χ1v) is 12.8. The third-order valence-corrected chi connectivity index (χ3v) is 8.24. The van der Waals surface area contributed by atoms with Crippen LogP contribution in [0.1, 0.15) is 52.4 Å². The molecule has 1 aromatic carbocycles. The number of ether oxygens (including phenoxy) is 1. The molecule has 2 N–H and O–H groups in total. The zero-order valence-electron chi connectivity index (χ0n) is 19.6. The van der Waals surface area contributed by atoms with Crippen LogP contribution in [0.25, 0.3) is 0 Å². The zero-order chi connectivity index (χ0) is 24.0. The van der Waals surface area contributed by atoms with Gasteiger partial charge in [0.25, 0.3) is 0 Å². The Bertz CT molecular complexity index is 1010. The first kappa shape index (κ1) is 23.4. The molecule has 1 saturated carbocycles. The van der Waals surface area contributed by atoms with Crippen LogP contribution in [0.4, 0.5) is 5.69 Å². The van der Waals surface area contributed by atoms with Crippen molar-refractivity contribution in [2.24, 2.45) is 11.8 Å². The van der Waals surface area contributed by atoms with E-state index in [1.807, 2.05) is 26.0 Å². The molecule has 6 atom stereocenters. The lowest BCUT2D eigenvalue weighted by Crippen LogP contribution is -2.58. The molecule has 8 heteroatoms. The van der Waals surface area contributed by atoms with Gasteiger partial charge < -0.3 is 20.3 Å². The molecule has 0 radical (unpaired) electrons. The molecule has 3 aliphatic heterocycles. The fraction of sp³-hybridized carbons (Fsp3) is 0.577. The van der Waals surface area contributed by atoms with Crippen molar-refractivity contribution in [1.29, 1.82) is 0 Å². The molecule has 4 aliphatic rings. The predicted molar refractivity (Wildman–Crippen MR) is 129 cm³/mol. The quantitative estimate of drug-likeness (QED) is 0.602. The summed E-state index contributed by atoms with van der Waals surface area (Å²) >= 11 is 5.96. The van der Waals surface area contributed by atoms with Crippen molar-refractivity contribution in [3.63, 3.8) is 0 Å². The molecule has 2 bridgehead atoms. The minimum atomic E-state index is -1.12. The second kappa shape index (κ2) is 9.00. The predicted octanol–water partition coefficient (Wildman–Crippen LogP) is 3.68. The highest BCUT2D eigenvalue weighted by Gasteiger charge is 2.73. The Morgan fingerprint density at radius 2 is 1.88 bits per heavy atom. The molecule has 1 aliphatic carbocycles. The fourth-order valence-electron chi connectivity index (χ4n) is 6.16. The summed E-state index contributed by atoms with van der Waals surface area (Å²) in [6.45, 7) is 3.95. The summed E-state index contributed by atoms with van der Waals surface area (Å²) in [6, 6.07) is 6.05. The van der Waals surface area contributed by atoms with E-state index in [2.05, 4.69) is 10.6 Å². The van der Waals surface area contributed by atoms with Crippen LogP contribution in [0.2, 0.25) is 5.02 Å². The molecule has 0 unspecified atom stereocenters. The molecule has 0 aromatic heterocycles. The van der Waals surface area contributed by atoms with Crippen molar-refractivity contribution in [2.75, 3.05) is 5.32 Å². The average Bonchev–Trinajstić information content (AvgIpc) is 3.48. The normalized spacial score (nSPS) is 33.1. The Hall–Kier alpha value is -2.38. The minimum absolute atomic E-state index is 0.122. The van der Waals surface area contributed by atoms with Gasteiger partial charge in [-0.3, -0.25) is 14.4 Å². The van der Waals surface area contributed by atoms with Crippen LogP contribution in [-0.2, 0) is 19.1 Å². The third-order valence-electron chi connectivity index (χ3n) is 7.99. The summed E-state index contributed by atoms with van der Waals surface area (Å²) in [6.07, 6.45) is 9.18. The number of hydrogen-bond acceptors (Lipinski definition) is 4. The maximum absolute atomic E-state index is 13.8. The van der Waals surface area contributed by atoms with Gasteiger partial charge in [0.05, 0.1) is 17.9 Å². The number of amides is 3. The lowest BCUT2D eigenvalue weighted by Gasteiger charge is -2.36. The van der Waals surface area contributed by atoms with Crippen LogP contribution in [-0.4, -0.2) is 52.5 Å². The van der Waals surface area contributed by atoms with Gasteiger partial charge in [0.2, 0.25) is 17.7 Å². The summed E-state index contributed by atoms with van der Waals surface area (Å²) in [5.41, 5.74) is -0.516. The summed E-state index contributed by atoms with van der Waals surface area (Å²) in [7, 11) is 0. The van der Waals surface area contributed by atoms with E-state index in [-0.39, 0.29) is 29.8 Å². The maximum atomic E-state index is 13.8. The number of halogens is 1. The van der Waals surface area contributed by atoms with E-state index in [9.17, 15) is 14.4 Å². The molecule has 182 valence electrons. The third kappa shape index (κ3) is 3.73. The van der Waals surface area contributed by atoms with Crippen molar-refractivity contribution in [3.05, 3.63) is 41.4 Å². The van der Waals surface area contributed by atoms with Crippen molar-refractivity contribution in [3.8, 4) is 0 Å². The highest BCUT2D eigenvalue weighted by Crippen LogP contribution is 2.55. The molecule has 7 nitrogen and oxygen atoms in total. The lowest BCUT2D eigenvalue weighted by atomic mass is 9.74. The number of anilines is 1. The largest absolute Gasteiger partial charge is 0.359 e. The number of hydrogen-bond donors (Lipinski definition) is 2. The van der Waals surface area contributed by atoms with E-state index in [1.165, 1.54) is 6.42 Å². The molecular formula is C26H32ClN3O4. The number of nitrogens with zero attached hydrogens (tertiary/aromatic N) is 1.